The Bertz CT molecular complexity index is 612. The Kier molecular flexibility index (Phi) is 4.72. The van der Waals surface area contributed by atoms with E-state index in [0.29, 0.717) is 12.8 Å². The molecule has 0 aliphatic heterocycles. The Morgan fingerprint density at radius 2 is 1.29 bits per heavy atom. The fraction of sp³-hybridized carbons (Fsp3) is 0.222. The Morgan fingerprint density at radius 3 is 1.62 bits per heavy atom. The molecule has 0 saturated carbocycles. The van der Waals surface area contributed by atoms with Crippen molar-refractivity contribution in [2.75, 3.05) is 0 Å². The summed E-state index contributed by atoms with van der Waals surface area (Å²) in [6.45, 7) is 0. The van der Waals surface area contributed by atoms with E-state index < -0.39 is 11.5 Å². The molecule has 2 aromatic carbocycles. The van der Waals surface area contributed by atoms with E-state index in [4.69, 9.17) is 5.26 Å². The molecule has 3 nitrogen and oxygen atoms in total. The summed E-state index contributed by atoms with van der Waals surface area (Å²) in [5.41, 5.74) is 0.728. The van der Waals surface area contributed by atoms with Crippen LogP contribution in [0.15, 0.2) is 60.7 Å². The second-order valence-electron chi connectivity index (χ2n) is 5.12. The molecule has 0 heterocycles. The van der Waals surface area contributed by atoms with Crippen molar-refractivity contribution in [3.8, 4) is 12.1 Å². The quantitative estimate of drug-likeness (QED) is 0.854. The highest BCUT2D eigenvalue weighted by atomic mass is 16.3. The van der Waals surface area contributed by atoms with E-state index >= 15 is 0 Å². The van der Waals surface area contributed by atoms with Gasteiger partial charge in [0.2, 0.25) is 0 Å². The van der Waals surface area contributed by atoms with Gasteiger partial charge in [-0.05, 0) is 24.0 Å². The number of nitrogens with zero attached hydrogens (tertiary/aromatic N) is 2. The van der Waals surface area contributed by atoms with Gasteiger partial charge in [0.05, 0.1) is 12.1 Å². The van der Waals surface area contributed by atoms with Crippen molar-refractivity contribution in [2.24, 2.45) is 5.41 Å². The van der Waals surface area contributed by atoms with Crippen molar-refractivity contribution >= 4 is 0 Å². The lowest BCUT2D eigenvalue weighted by Crippen LogP contribution is -2.37. The van der Waals surface area contributed by atoms with E-state index in [1.165, 1.54) is 0 Å². The Labute approximate surface area is 124 Å². The molecule has 0 fully saturated rings. The largest absolute Gasteiger partial charge is 0.376 e. The van der Waals surface area contributed by atoms with Gasteiger partial charge in [-0.3, -0.25) is 0 Å². The predicted octanol–water partition coefficient (Wildman–Crippen LogP) is 2.87. The molecule has 21 heavy (non-hydrogen) atoms. The molecular formula is C18H16N2O. The average molecular weight is 276 g/mol. The maximum atomic E-state index is 10.1. The first-order valence-electron chi connectivity index (χ1n) is 6.77. The van der Waals surface area contributed by atoms with E-state index in [1.54, 1.807) is 0 Å². The van der Waals surface area contributed by atoms with Crippen LogP contribution in [-0.4, -0.2) is 11.2 Å². The molecule has 0 aliphatic rings. The fourth-order valence-electron chi connectivity index (χ4n) is 2.44. The molecule has 0 saturated heterocycles. The highest BCUT2D eigenvalue weighted by Crippen LogP contribution is 2.31. The third-order valence-corrected chi connectivity index (χ3v) is 3.59. The lowest BCUT2D eigenvalue weighted by atomic mass is 9.74. The van der Waals surface area contributed by atoms with Crippen LogP contribution in [0.2, 0.25) is 0 Å². The minimum atomic E-state index is -1.33. The summed E-state index contributed by atoms with van der Waals surface area (Å²) in [6.07, 6.45) is -0.648. The molecule has 2 rings (SSSR count). The SMILES string of the molecule is N#CC(O)C(C#N)(Cc1ccccc1)Cc1ccccc1. The van der Waals surface area contributed by atoms with Gasteiger partial charge in [-0.25, -0.2) is 0 Å². The summed E-state index contributed by atoms with van der Waals surface area (Å²) in [4.78, 5) is 0. The average Bonchev–Trinajstić information content (AvgIpc) is 2.55. The molecule has 3 heteroatoms. The van der Waals surface area contributed by atoms with Crippen molar-refractivity contribution in [1.82, 2.24) is 0 Å². The molecule has 0 aliphatic carbocycles. The van der Waals surface area contributed by atoms with Crippen LogP contribution in [-0.2, 0) is 12.8 Å². The van der Waals surface area contributed by atoms with E-state index in [2.05, 4.69) is 6.07 Å². The number of aliphatic hydroxyl groups excluding tert-OH is 1. The van der Waals surface area contributed by atoms with Gasteiger partial charge in [0.25, 0.3) is 0 Å². The molecule has 0 spiro atoms. The van der Waals surface area contributed by atoms with Gasteiger partial charge < -0.3 is 5.11 Å². The van der Waals surface area contributed by atoms with Crippen LogP contribution < -0.4 is 0 Å². The van der Waals surface area contributed by atoms with Gasteiger partial charge in [-0.2, -0.15) is 10.5 Å². The topological polar surface area (TPSA) is 67.8 Å². The first kappa shape index (κ1) is 14.8. The summed E-state index contributed by atoms with van der Waals surface area (Å²) in [7, 11) is 0. The van der Waals surface area contributed by atoms with Gasteiger partial charge in [0.15, 0.2) is 6.10 Å². The minimum absolute atomic E-state index is 0.341. The summed E-state index contributed by atoms with van der Waals surface area (Å²) in [5.74, 6) is 0. The van der Waals surface area contributed by atoms with Crippen LogP contribution >= 0.6 is 0 Å². The zero-order valence-electron chi connectivity index (χ0n) is 11.6. The highest BCUT2D eigenvalue weighted by molar-refractivity contribution is 5.27. The standard InChI is InChI=1S/C18H16N2O/c19-13-17(21)18(14-20,11-15-7-3-1-4-8-15)12-16-9-5-2-6-10-16/h1-10,17,21H,11-12H2. The maximum Gasteiger partial charge on any atom is 0.159 e. The zero-order valence-corrected chi connectivity index (χ0v) is 11.6. The van der Waals surface area contributed by atoms with Crippen LogP contribution in [0.1, 0.15) is 11.1 Å². The monoisotopic (exact) mass is 276 g/mol. The van der Waals surface area contributed by atoms with E-state index in [0.717, 1.165) is 11.1 Å². The van der Waals surface area contributed by atoms with Gasteiger partial charge in [-0.1, -0.05) is 60.7 Å². The van der Waals surface area contributed by atoms with Crippen molar-refractivity contribution in [2.45, 2.75) is 18.9 Å². The number of aliphatic hydroxyl groups is 1. The number of benzene rings is 2. The molecule has 104 valence electrons. The van der Waals surface area contributed by atoms with E-state index in [-0.39, 0.29) is 0 Å². The number of hydrogen-bond donors (Lipinski definition) is 1. The first-order valence-corrected chi connectivity index (χ1v) is 6.77. The fourth-order valence-corrected chi connectivity index (χ4v) is 2.44. The molecule has 0 amide bonds. The molecule has 0 bridgehead atoms. The van der Waals surface area contributed by atoms with Crippen LogP contribution in [0.4, 0.5) is 0 Å². The van der Waals surface area contributed by atoms with Crippen molar-refractivity contribution in [1.29, 1.82) is 10.5 Å². The smallest absolute Gasteiger partial charge is 0.159 e. The second-order valence-corrected chi connectivity index (χ2v) is 5.12. The lowest BCUT2D eigenvalue weighted by molar-refractivity contribution is 0.111. The second kappa shape index (κ2) is 6.70. The molecule has 1 unspecified atom stereocenters. The van der Waals surface area contributed by atoms with Crippen molar-refractivity contribution < 1.29 is 5.11 Å². The Balaban J connectivity index is 2.35. The van der Waals surface area contributed by atoms with Crippen molar-refractivity contribution in [3.63, 3.8) is 0 Å². The van der Waals surface area contributed by atoms with Gasteiger partial charge in [0.1, 0.15) is 5.41 Å². The number of hydrogen-bond acceptors (Lipinski definition) is 3. The first-order chi connectivity index (χ1) is 10.2. The Hall–Kier alpha value is -2.62. The van der Waals surface area contributed by atoms with Gasteiger partial charge in [-0.15, -0.1) is 0 Å². The zero-order chi connectivity index (χ0) is 15.1. The lowest BCUT2D eigenvalue weighted by Gasteiger charge is -2.28. The molecule has 0 radical (unpaired) electrons. The van der Waals surface area contributed by atoms with Crippen LogP contribution in [0, 0.1) is 28.1 Å². The molecule has 1 atom stereocenters. The van der Waals surface area contributed by atoms with Gasteiger partial charge in [0, 0.05) is 0 Å². The van der Waals surface area contributed by atoms with Crippen molar-refractivity contribution in [3.05, 3.63) is 71.8 Å². The molecular weight excluding hydrogens is 260 g/mol. The molecule has 2 aromatic rings. The van der Waals surface area contributed by atoms with Crippen LogP contribution in [0.3, 0.4) is 0 Å². The summed E-state index contributed by atoms with van der Waals surface area (Å²) < 4.78 is 0. The summed E-state index contributed by atoms with van der Waals surface area (Å²) in [5, 5.41) is 28.9. The van der Waals surface area contributed by atoms with Gasteiger partial charge >= 0.3 is 0 Å². The maximum absolute atomic E-state index is 10.1. The molecule has 1 N–H and O–H groups in total. The molecule has 0 aromatic heterocycles. The van der Waals surface area contributed by atoms with E-state index in [9.17, 15) is 10.4 Å². The highest BCUT2D eigenvalue weighted by Gasteiger charge is 2.39. The van der Waals surface area contributed by atoms with Crippen LogP contribution in [0.5, 0.6) is 0 Å². The minimum Gasteiger partial charge on any atom is -0.376 e. The van der Waals surface area contributed by atoms with E-state index in [1.807, 2.05) is 66.7 Å². The number of rotatable bonds is 5. The van der Waals surface area contributed by atoms with Crippen LogP contribution in [0.25, 0.3) is 0 Å². The third kappa shape index (κ3) is 3.48. The summed E-state index contributed by atoms with van der Waals surface area (Å²) >= 11 is 0. The summed E-state index contributed by atoms with van der Waals surface area (Å²) in [6, 6.07) is 23.0. The normalized spacial score (nSPS) is 12.1. The Morgan fingerprint density at radius 1 is 0.857 bits per heavy atom. The predicted molar refractivity (Wildman–Crippen MR) is 80.0 cm³/mol. The number of nitriles is 2. The third-order valence-electron chi connectivity index (χ3n) is 3.59.